The molecule has 2 aromatic heterocycles. The number of aromatic nitrogens is 1. The van der Waals surface area contributed by atoms with Crippen molar-refractivity contribution in [2.75, 3.05) is 24.5 Å². The van der Waals surface area contributed by atoms with E-state index in [1.165, 1.54) is 10.4 Å². The van der Waals surface area contributed by atoms with Crippen LogP contribution in [0.25, 0.3) is 0 Å². The van der Waals surface area contributed by atoms with Gasteiger partial charge in [-0.2, -0.15) is 13.2 Å². The summed E-state index contributed by atoms with van der Waals surface area (Å²) in [6, 6.07) is 4.05. The molecule has 0 saturated carbocycles. The molecule has 2 aliphatic rings. The Balaban J connectivity index is 1.38. The van der Waals surface area contributed by atoms with Crippen molar-refractivity contribution in [3.63, 3.8) is 0 Å². The third-order valence-corrected chi connectivity index (χ3v) is 5.77. The summed E-state index contributed by atoms with van der Waals surface area (Å²) in [6.07, 6.45) is -2.34. The first kappa shape index (κ1) is 16.4. The Morgan fingerprint density at radius 2 is 2.08 bits per heavy atom. The van der Waals surface area contributed by atoms with Gasteiger partial charge in [-0.1, -0.05) is 0 Å². The molecule has 0 atom stereocenters. The Morgan fingerprint density at radius 3 is 2.84 bits per heavy atom. The van der Waals surface area contributed by atoms with Crippen molar-refractivity contribution in [2.45, 2.75) is 19.1 Å². The third kappa shape index (κ3) is 3.10. The fourth-order valence-electron chi connectivity index (χ4n) is 3.28. The molecule has 132 valence electrons. The minimum Gasteiger partial charge on any atom is -0.355 e. The second kappa shape index (κ2) is 6.01. The van der Waals surface area contributed by atoms with Crippen molar-refractivity contribution >= 4 is 23.1 Å². The Labute approximate surface area is 146 Å². The van der Waals surface area contributed by atoms with Gasteiger partial charge in [0.15, 0.2) is 0 Å². The minimum absolute atomic E-state index is 0.0834. The maximum absolute atomic E-state index is 12.8. The van der Waals surface area contributed by atoms with E-state index in [2.05, 4.69) is 11.1 Å². The molecule has 0 spiro atoms. The number of pyridine rings is 1. The van der Waals surface area contributed by atoms with Crippen LogP contribution in [0.4, 0.5) is 19.0 Å². The van der Waals surface area contributed by atoms with Crippen molar-refractivity contribution in [3.8, 4) is 0 Å². The monoisotopic (exact) mass is 367 g/mol. The van der Waals surface area contributed by atoms with Crippen molar-refractivity contribution in [2.24, 2.45) is 5.92 Å². The maximum Gasteiger partial charge on any atom is 0.416 e. The molecule has 2 aliphatic heterocycles. The van der Waals surface area contributed by atoms with E-state index in [0.717, 1.165) is 24.8 Å². The first-order valence-electron chi connectivity index (χ1n) is 8.04. The lowest BCUT2D eigenvalue weighted by atomic mass is 9.96. The predicted molar refractivity (Wildman–Crippen MR) is 88.4 cm³/mol. The normalized spacial score (nSPS) is 18.0. The number of hydrogen-bond acceptors (Lipinski definition) is 4. The van der Waals surface area contributed by atoms with E-state index in [1.807, 2.05) is 10.3 Å². The molecule has 1 saturated heterocycles. The molecule has 1 fully saturated rings. The quantitative estimate of drug-likeness (QED) is 0.818. The fraction of sp³-hybridized carbons (Fsp3) is 0.412. The average molecular weight is 367 g/mol. The summed E-state index contributed by atoms with van der Waals surface area (Å²) in [7, 11) is 0. The highest BCUT2D eigenvalue weighted by Gasteiger charge is 2.38. The molecular formula is C17H16F3N3OS. The molecule has 1 amide bonds. The second-order valence-corrected chi connectivity index (χ2v) is 7.38. The van der Waals surface area contributed by atoms with Crippen LogP contribution in [0.2, 0.25) is 0 Å². The predicted octanol–water partition coefficient (Wildman–Crippen LogP) is 3.18. The summed E-state index contributed by atoms with van der Waals surface area (Å²) in [4.78, 5) is 21.5. The number of carbonyl (C=O) groups is 1. The van der Waals surface area contributed by atoms with E-state index in [0.29, 0.717) is 26.2 Å². The zero-order valence-corrected chi connectivity index (χ0v) is 14.1. The van der Waals surface area contributed by atoms with Gasteiger partial charge < -0.3 is 9.80 Å². The van der Waals surface area contributed by atoms with Gasteiger partial charge in [-0.15, -0.1) is 11.3 Å². The Kier molecular flexibility index (Phi) is 3.94. The number of rotatable bonds is 2. The Morgan fingerprint density at radius 1 is 1.28 bits per heavy atom. The molecule has 0 bridgehead atoms. The van der Waals surface area contributed by atoms with Crippen molar-refractivity contribution in [1.82, 2.24) is 9.88 Å². The summed E-state index contributed by atoms with van der Waals surface area (Å²) < 4.78 is 38.4. The van der Waals surface area contributed by atoms with E-state index in [9.17, 15) is 18.0 Å². The number of thiophene rings is 1. The van der Waals surface area contributed by atoms with Gasteiger partial charge in [0.2, 0.25) is 5.91 Å². The molecule has 0 aromatic carbocycles. The standard InChI is InChI=1S/C17H16F3N3OS/c18-17(19,20)13-1-4-21-15(7-13)23-9-12(10-23)16(24)22-5-2-14-11(8-22)3-6-25-14/h1,3-4,6-7,12H,2,5,8-10H2. The summed E-state index contributed by atoms with van der Waals surface area (Å²) in [5, 5.41) is 2.04. The van der Waals surface area contributed by atoms with Gasteiger partial charge in [-0.3, -0.25) is 4.79 Å². The van der Waals surface area contributed by atoms with E-state index in [1.54, 1.807) is 16.2 Å². The van der Waals surface area contributed by atoms with Crippen LogP contribution < -0.4 is 4.90 Å². The number of carbonyl (C=O) groups excluding carboxylic acids is 1. The molecule has 0 N–H and O–H groups in total. The maximum atomic E-state index is 12.8. The van der Waals surface area contributed by atoms with Crippen molar-refractivity contribution < 1.29 is 18.0 Å². The number of nitrogens with zero attached hydrogens (tertiary/aromatic N) is 3. The number of amides is 1. The van der Waals surface area contributed by atoms with Crippen LogP contribution in [0.3, 0.4) is 0 Å². The molecule has 0 radical (unpaired) electrons. The highest BCUT2D eigenvalue weighted by atomic mass is 32.1. The van der Waals surface area contributed by atoms with Crippen LogP contribution >= 0.6 is 11.3 Å². The molecule has 25 heavy (non-hydrogen) atoms. The topological polar surface area (TPSA) is 36.4 Å². The number of hydrogen-bond donors (Lipinski definition) is 0. The van der Waals surface area contributed by atoms with Gasteiger partial charge in [-0.25, -0.2) is 4.98 Å². The lowest BCUT2D eigenvalue weighted by Gasteiger charge is -2.42. The summed E-state index contributed by atoms with van der Waals surface area (Å²) in [5.74, 6) is 0.189. The van der Waals surface area contributed by atoms with Crippen LogP contribution in [0.15, 0.2) is 29.8 Å². The number of anilines is 1. The molecule has 2 aromatic rings. The van der Waals surface area contributed by atoms with E-state index in [4.69, 9.17) is 0 Å². The first-order chi connectivity index (χ1) is 11.9. The molecule has 4 nitrogen and oxygen atoms in total. The van der Waals surface area contributed by atoms with Gasteiger partial charge in [0.25, 0.3) is 0 Å². The van der Waals surface area contributed by atoms with Crippen LogP contribution in [0.5, 0.6) is 0 Å². The average Bonchev–Trinajstić information content (AvgIpc) is 3.00. The van der Waals surface area contributed by atoms with Crippen molar-refractivity contribution in [1.29, 1.82) is 0 Å². The van der Waals surface area contributed by atoms with Gasteiger partial charge in [-0.05, 0) is 35.6 Å². The van der Waals surface area contributed by atoms with Gasteiger partial charge in [0.1, 0.15) is 5.82 Å². The fourth-order valence-corrected chi connectivity index (χ4v) is 4.17. The molecular weight excluding hydrogens is 351 g/mol. The van der Waals surface area contributed by atoms with Gasteiger partial charge >= 0.3 is 6.18 Å². The van der Waals surface area contributed by atoms with E-state index < -0.39 is 11.7 Å². The Bertz CT molecular complexity index is 798. The number of halogens is 3. The first-order valence-corrected chi connectivity index (χ1v) is 8.92. The van der Waals surface area contributed by atoms with E-state index in [-0.39, 0.29) is 17.6 Å². The SMILES string of the molecule is O=C(C1CN(c2cc(C(F)(F)F)ccn2)C1)N1CCc2sccc2C1. The molecule has 0 aliphatic carbocycles. The highest BCUT2D eigenvalue weighted by Crippen LogP contribution is 2.33. The van der Waals surface area contributed by atoms with Gasteiger partial charge in [0.05, 0.1) is 11.5 Å². The highest BCUT2D eigenvalue weighted by molar-refractivity contribution is 7.10. The van der Waals surface area contributed by atoms with Gasteiger partial charge in [0, 0.05) is 37.3 Å². The molecule has 8 heteroatoms. The number of fused-ring (bicyclic) bond motifs is 1. The Hall–Kier alpha value is -2.09. The smallest absolute Gasteiger partial charge is 0.355 e. The largest absolute Gasteiger partial charge is 0.416 e. The van der Waals surface area contributed by atoms with Crippen molar-refractivity contribution in [3.05, 3.63) is 45.8 Å². The molecule has 4 heterocycles. The van der Waals surface area contributed by atoms with Crippen LogP contribution in [0.1, 0.15) is 16.0 Å². The van der Waals surface area contributed by atoms with E-state index >= 15 is 0 Å². The lowest BCUT2D eigenvalue weighted by molar-refractivity contribution is -0.138. The number of alkyl halides is 3. The molecule has 0 unspecified atom stereocenters. The van der Waals surface area contributed by atoms with Crippen LogP contribution in [0, 0.1) is 5.92 Å². The third-order valence-electron chi connectivity index (χ3n) is 4.75. The summed E-state index contributed by atoms with van der Waals surface area (Å²) in [5.41, 5.74) is 0.494. The second-order valence-electron chi connectivity index (χ2n) is 6.38. The van der Waals surface area contributed by atoms with Crippen LogP contribution in [-0.4, -0.2) is 35.4 Å². The zero-order chi connectivity index (χ0) is 17.6. The van der Waals surface area contributed by atoms with Crippen LogP contribution in [-0.2, 0) is 23.9 Å². The summed E-state index contributed by atoms with van der Waals surface area (Å²) in [6.45, 7) is 2.18. The lowest BCUT2D eigenvalue weighted by Crippen LogP contribution is -2.55. The zero-order valence-electron chi connectivity index (χ0n) is 13.3. The minimum atomic E-state index is -4.39. The summed E-state index contributed by atoms with van der Waals surface area (Å²) >= 11 is 1.72. The molecule has 4 rings (SSSR count).